The Kier molecular flexibility index (Phi) is 8.61. The Morgan fingerprint density at radius 3 is 2.88 bits per heavy atom. The Morgan fingerprint density at radius 1 is 1.29 bits per heavy atom. The minimum atomic E-state index is 0.345. The molecule has 1 atom stereocenters. The molecule has 1 saturated heterocycles. The van der Waals surface area contributed by atoms with Crippen molar-refractivity contribution in [1.29, 1.82) is 0 Å². The molecule has 17 heavy (non-hydrogen) atoms. The predicted molar refractivity (Wildman–Crippen MR) is 70.5 cm³/mol. The first kappa shape index (κ1) is 14.9. The van der Waals surface area contributed by atoms with Gasteiger partial charge in [0, 0.05) is 13.2 Å². The van der Waals surface area contributed by atoms with Crippen LogP contribution >= 0.6 is 0 Å². The average molecular weight is 244 g/mol. The van der Waals surface area contributed by atoms with E-state index in [2.05, 4.69) is 24.3 Å². The number of nitrogens with one attached hydrogen (secondary N) is 1. The molecule has 0 radical (unpaired) electrons. The molecule has 0 amide bonds. The molecule has 0 aromatic heterocycles. The van der Waals surface area contributed by atoms with Crippen LogP contribution in [0.15, 0.2) is 0 Å². The van der Waals surface area contributed by atoms with Crippen molar-refractivity contribution in [1.82, 2.24) is 10.2 Å². The lowest BCUT2D eigenvalue weighted by Crippen LogP contribution is -2.28. The van der Waals surface area contributed by atoms with Gasteiger partial charge >= 0.3 is 0 Å². The first-order valence-corrected chi connectivity index (χ1v) is 6.84. The van der Waals surface area contributed by atoms with Gasteiger partial charge in [-0.1, -0.05) is 0 Å². The van der Waals surface area contributed by atoms with Crippen LogP contribution in [0, 0.1) is 0 Å². The molecule has 1 unspecified atom stereocenters. The van der Waals surface area contributed by atoms with Gasteiger partial charge in [-0.05, 0) is 52.9 Å². The number of hydrogen-bond acceptors (Lipinski definition) is 4. The lowest BCUT2D eigenvalue weighted by Gasteiger charge is -2.22. The zero-order chi connectivity index (χ0) is 12.3. The first-order valence-electron chi connectivity index (χ1n) is 6.84. The minimum absolute atomic E-state index is 0.345. The van der Waals surface area contributed by atoms with Crippen molar-refractivity contribution in [2.75, 3.05) is 53.6 Å². The summed E-state index contributed by atoms with van der Waals surface area (Å²) in [6, 6.07) is 0. The Morgan fingerprint density at radius 2 is 2.18 bits per heavy atom. The highest BCUT2D eigenvalue weighted by Gasteiger charge is 2.13. The highest BCUT2D eigenvalue weighted by molar-refractivity contribution is 4.62. The predicted octanol–water partition coefficient (Wildman–Crippen LogP) is 1.11. The summed E-state index contributed by atoms with van der Waals surface area (Å²) in [4.78, 5) is 2.21. The summed E-state index contributed by atoms with van der Waals surface area (Å²) in [6.45, 7) is 5.63. The van der Waals surface area contributed by atoms with Gasteiger partial charge in [0.25, 0.3) is 0 Å². The fourth-order valence-electron chi connectivity index (χ4n) is 1.94. The molecule has 1 rings (SSSR count). The molecule has 0 aromatic carbocycles. The van der Waals surface area contributed by atoms with E-state index in [4.69, 9.17) is 9.47 Å². The number of ether oxygens (including phenoxy) is 2. The summed E-state index contributed by atoms with van der Waals surface area (Å²) in [5.41, 5.74) is 0. The second-order valence-corrected chi connectivity index (χ2v) is 4.97. The fraction of sp³-hybridized carbons (Fsp3) is 1.00. The van der Waals surface area contributed by atoms with Gasteiger partial charge in [-0.2, -0.15) is 0 Å². The lowest BCUT2D eigenvalue weighted by atomic mass is 10.1. The van der Waals surface area contributed by atoms with Crippen LogP contribution in [0.25, 0.3) is 0 Å². The smallest absolute Gasteiger partial charge is 0.0808 e. The third-order valence-corrected chi connectivity index (χ3v) is 2.96. The highest BCUT2D eigenvalue weighted by atomic mass is 16.5. The molecule has 4 nitrogen and oxygen atoms in total. The van der Waals surface area contributed by atoms with Crippen LogP contribution < -0.4 is 5.32 Å². The zero-order valence-corrected chi connectivity index (χ0v) is 11.4. The Balaban J connectivity index is 1.78. The second kappa shape index (κ2) is 9.83. The number of nitrogens with zero attached hydrogens (tertiary/aromatic N) is 1. The number of hydrogen-bond donors (Lipinski definition) is 1. The van der Waals surface area contributed by atoms with Crippen molar-refractivity contribution in [2.45, 2.75) is 31.8 Å². The average Bonchev–Trinajstić information content (AvgIpc) is 2.33. The molecule has 1 heterocycles. The molecule has 1 aliphatic rings. The SMILES string of the molecule is CN(C)CCCNCCOCC1CCCCO1. The van der Waals surface area contributed by atoms with E-state index in [1.807, 2.05) is 0 Å². The number of rotatable bonds is 9. The van der Waals surface area contributed by atoms with E-state index in [1.54, 1.807) is 0 Å². The third kappa shape index (κ3) is 8.55. The summed E-state index contributed by atoms with van der Waals surface area (Å²) in [6.07, 6.45) is 5.20. The first-order chi connectivity index (χ1) is 8.29. The van der Waals surface area contributed by atoms with Gasteiger partial charge in [-0.3, -0.25) is 0 Å². The molecule has 1 N–H and O–H groups in total. The van der Waals surface area contributed by atoms with Gasteiger partial charge in [0.05, 0.1) is 19.3 Å². The van der Waals surface area contributed by atoms with E-state index in [9.17, 15) is 0 Å². The van der Waals surface area contributed by atoms with E-state index in [0.29, 0.717) is 6.10 Å². The maximum Gasteiger partial charge on any atom is 0.0808 e. The van der Waals surface area contributed by atoms with Gasteiger partial charge in [-0.25, -0.2) is 0 Å². The van der Waals surface area contributed by atoms with Crippen LogP contribution in [-0.2, 0) is 9.47 Å². The topological polar surface area (TPSA) is 33.7 Å². The third-order valence-electron chi connectivity index (χ3n) is 2.96. The van der Waals surface area contributed by atoms with Gasteiger partial charge in [0.1, 0.15) is 0 Å². The van der Waals surface area contributed by atoms with Crippen LogP contribution in [0.1, 0.15) is 25.7 Å². The summed E-state index contributed by atoms with van der Waals surface area (Å²) < 4.78 is 11.2. The van der Waals surface area contributed by atoms with Gasteiger partial charge in [0.15, 0.2) is 0 Å². The van der Waals surface area contributed by atoms with Gasteiger partial charge in [-0.15, -0.1) is 0 Å². The summed E-state index contributed by atoms with van der Waals surface area (Å²) >= 11 is 0. The van der Waals surface area contributed by atoms with E-state index in [0.717, 1.165) is 45.9 Å². The van der Waals surface area contributed by atoms with Crippen LogP contribution in [0.4, 0.5) is 0 Å². The molecule has 0 aromatic rings. The largest absolute Gasteiger partial charge is 0.377 e. The molecule has 1 aliphatic heterocycles. The van der Waals surface area contributed by atoms with Crippen molar-refractivity contribution >= 4 is 0 Å². The standard InChI is InChI=1S/C13H28N2O2/c1-15(2)9-5-7-14-8-11-16-12-13-6-3-4-10-17-13/h13-14H,3-12H2,1-2H3. The maximum atomic E-state index is 5.60. The molecule has 0 bridgehead atoms. The van der Waals surface area contributed by atoms with Crippen molar-refractivity contribution in [3.63, 3.8) is 0 Å². The summed E-state index contributed by atoms with van der Waals surface area (Å²) in [5, 5.41) is 3.39. The molecule has 0 saturated carbocycles. The molecular formula is C13H28N2O2. The molecule has 1 fully saturated rings. The van der Waals surface area contributed by atoms with E-state index < -0.39 is 0 Å². The lowest BCUT2D eigenvalue weighted by molar-refractivity contribution is -0.0398. The van der Waals surface area contributed by atoms with E-state index in [1.165, 1.54) is 19.3 Å². The summed E-state index contributed by atoms with van der Waals surface area (Å²) in [5.74, 6) is 0. The molecule has 4 heteroatoms. The Hall–Kier alpha value is -0.160. The maximum absolute atomic E-state index is 5.60. The molecule has 102 valence electrons. The normalized spacial score (nSPS) is 21.0. The second-order valence-electron chi connectivity index (χ2n) is 4.97. The van der Waals surface area contributed by atoms with Gasteiger partial charge < -0.3 is 19.7 Å². The minimum Gasteiger partial charge on any atom is -0.377 e. The van der Waals surface area contributed by atoms with Gasteiger partial charge in [0.2, 0.25) is 0 Å². The van der Waals surface area contributed by atoms with Crippen molar-refractivity contribution in [2.24, 2.45) is 0 Å². The monoisotopic (exact) mass is 244 g/mol. The fourth-order valence-corrected chi connectivity index (χ4v) is 1.94. The molecule has 0 spiro atoms. The molecular weight excluding hydrogens is 216 g/mol. The van der Waals surface area contributed by atoms with Crippen molar-refractivity contribution in [3.05, 3.63) is 0 Å². The summed E-state index contributed by atoms with van der Waals surface area (Å²) in [7, 11) is 4.21. The van der Waals surface area contributed by atoms with E-state index in [-0.39, 0.29) is 0 Å². The van der Waals surface area contributed by atoms with Crippen LogP contribution in [-0.4, -0.2) is 64.6 Å². The zero-order valence-electron chi connectivity index (χ0n) is 11.4. The molecule has 0 aliphatic carbocycles. The van der Waals surface area contributed by atoms with Crippen LogP contribution in [0.5, 0.6) is 0 Å². The quantitative estimate of drug-likeness (QED) is 0.616. The Bertz CT molecular complexity index is 171. The van der Waals surface area contributed by atoms with E-state index >= 15 is 0 Å². The van der Waals surface area contributed by atoms with Crippen LogP contribution in [0.3, 0.4) is 0 Å². The Labute approximate surface area is 106 Å². The van der Waals surface area contributed by atoms with Crippen LogP contribution in [0.2, 0.25) is 0 Å². The van der Waals surface area contributed by atoms with Crippen molar-refractivity contribution in [3.8, 4) is 0 Å². The van der Waals surface area contributed by atoms with Crippen molar-refractivity contribution < 1.29 is 9.47 Å². The highest BCUT2D eigenvalue weighted by Crippen LogP contribution is 2.12.